The number of carbonyl (C=O) groups is 1. The van der Waals surface area contributed by atoms with Gasteiger partial charge in [0.25, 0.3) is 0 Å². The maximum absolute atomic E-state index is 10.5. The predicted molar refractivity (Wildman–Crippen MR) is 44.8 cm³/mol. The first-order valence-corrected chi connectivity index (χ1v) is 3.52. The Bertz CT molecular complexity index is 305. The maximum Gasteiger partial charge on any atom is 0.157 e. The Balaban J connectivity index is 3.35. The Kier molecular flexibility index (Phi) is 2.33. The van der Waals surface area contributed by atoms with Gasteiger partial charge in [0.1, 0.15) is 11.5 Å². The third kappa shape index (κ3) is 1.25. The number of aldehydes is 1. The number of hydrogen-bond acceptors (Lipinski definition) is 3. The Morgan fingerprint density at radius 3 is 2.67 bits per heavy atom. The van der Waals surface area contributed by atoms with Gasteiger partial charge in [0.15, 0.2) is 6.29 Å². The van der Waals surface area contributed by atoms with Crippen molar-refractivity contribution in [2.45, 2.75) is 6.92 Å². The summed E-state index contributed by atoms with van der Waals surface area (Å²) in [5.74, 6) is 0.387. The first-order valence-electron chi connectivity index (χ1n) is 3.52. The van der Waals surface area contributed by atoms with Crippen LogP contribution < -0.4 is 4.74 Å². The first-order chi connectivity index (χ1) is 5.70. The number of carbonyl (C=O) groups excluding carboxylic acids is 1. The Hall–Kier alpha value is -1.51. The van der Waals surface area contributed by atoms with E-state index in [9.17, 15) is 9.90 Å². The van der Waals surface area contributed by atoms with Crippen LogP contribution in [0.1, 0.15) is 15.9 Å². The number of phenolic OH excluding ortho intramolecular Hbond substituents is 1. The van der Waals surface area contributed by atoms with Gasteiger partial charge in [0.2, 0.25) is 0 Å². The van der Waals surface area contributed by atoms with E-state index < -0.39 is 0 Å². The predicted octanol–water partition coefficient (Wildman–Crippen LogP) is 1.52. The van der Waals surface area contributed by atoms with Crippen molar-refractivity contribution in [2.75, 3.05) is 7.11 Å². The van der Waals surface area contributed by atoms with Crippen molar-refractivity contribution < 1.29 is 14.6 Å². The summed E-state index contributed by atoms with van der Waals surface area (Å²) in [5, 5.41) is 9.40. The molecular weight excluding hydrogens is 156 g/mol. The summed E-state index contributed by atoms with van der Waals surface area (Å²) in [6.45, 7) is 1.72. The monoisotopic (exact) mass is 166 g/mol. The summed E-state index contributed by atoms with van der Waals surface area (Å²) in [4.78, 5) is 10.5. The molecule has 0 fully saturated rings. The number of aryl methyl sites for hydroxylation is 1. The normalized spacial score (nSPS) is 9.50. The van der Waals surface area contributed by atoms with Crippen LogP contribution >= 0.6 is 0 Å². The second-order valence-electron chi connectivity index (χ2n) is 2.46. The Morgan fingerprint density at radius 1 is 1.50 bits per heavy atom. The van der Waals surface area contributed by atoms with Crippen LogP contribution in [0.4, 0.5) is 0 Å². The fourth-order valence-corrected chi connectivity index (χ4v) is 0.990. The SMILES string of the molecule is COc1ccc(C)c(O)c1C=O. The van der Waals surface area contributed by atoms with Crippen molar-refractivity contribution in [3.05, 3.63) is 23.3 Å². The summed E-state index contributed by atoms with van der Waals surface area (Å²) in [6.07, 6.45) is 0.584. The third-order valence-electron chi connectivity index (χ3n) is 1.72. The van der Waals surface area contributed by atoms with E-state index in [4.69, 9.17) is 4.74 Å². The summed E-state index contributed by atoms with van der Waals surface area (Å²) in [7, 11) is 1.46. The van der Waals surface area contributed by atoms with Crippen LogP contribution in [0.3, 0.4) is 0 Å². The molecule has 1 N–H and O–H groups in total. The van der Waals surface area contributed by atoms with Crippen LogP contribution in [0, 0.1) is 6.92 Å². The van der Waals surface area contributed by atoms with Gasteiger partial charge < -0.3 is 9.84 Å². The molecule has 1 rings (SSSR count). The van der Waals surface area contributed by atoms with Gasteiger partial charge in [-0.2, -0.15) is 0 Å². The first kappa shape index (κ1) is 8.59. The van der Waals surface area contributed by atoms with Gasteiger partial charge in [-0.25, -0.2) is 0 Å². The van der Waals surface area contributed by atoms with Crippen molar-refractivity contribution in [1.29, 1.82) is 0 Å². The molecule has 64 valence electrons. The zero-order valence-electron chi connectivity index (χ0n) is 7.00. The second kappa shape index (κ2) is 3.26. The average molecular weight is 166 g/mol. The van der Waals surface area contributed by atoms with E-state index >= 15 is 0 Å². The maximum atomic E-state index is 10.5. The molecule has 3 nitrogen and oxygen atoms in total. The topological polar surface area (TPSA) is 46.5 Å². The van der Waals surface area contributed by atoms with Crippen molar-refractivity contribution in [2.24, 2.45) is 0 Å². The highest BCUT2D eigenvalue weighted by atomic mass is 16.5. The van der Waals surface area contributed by atoms with Crippen molar-refractivity contribution >= 4 is 6.29 Å². The van der Waals surface area contributed by atoms with Gasteiger partial charge >= 0.3 is 0 Å². The van der Waals surface area contributed by atoms with E-state index in [0.29, 0.717) is 17.6 Å². The fraction of sp³-hybridized carbons (Fsp3) is 0.222. The highest BCUT2D eigenvalue weighted by Crippen LogP contribution is 2.28. The zero-order chi connectivity index (χ0) is 9.14. The lowest BCUT2D eigenvalue weighted by molar-refractivity contribution is 0.111. The number of phenols is 1. The summed E-state index contributed by atoms with van der Waals surface area (Å²) < 4.78 is 4.88. The molecule has 0 unspecified atom stereocenters. The molecule has 0 aliphatic rings. The Labute approximate surface area is 70.6 Å². The number of methoxy groups -OCH3 is 1. The molecule has 0 saturated heterocycles. The molecule has 1 aromatic carbocycles. The lowest BCUT2D eigenvalue weighted by Crippen LogP contribution is -1.92. The van der Waals surface area contributed by atoms with E-state index in [1.165, 1.54) is 7.11 Å². The molecule has 0 atom stereocenters. The molecule has 0 heterocycles. The number of benzene rings is 1. The van der Waals surface area contributed by atoms with Crippen LogP contribution in [0.5, 0.6) is 11.5 Å². The van der Waals surface area contributed by atoms with Gasteiger partial charge in [-0.1, -0.05) is 6.07 Å². The van der Waals surface area contributed by atoms with E-state index in [0.717, 1.165) is 0 Å². The van der Waals surface area contributed by atoms with E-state index in [1.54, 1.807) is 19.1 Å². The fourth-order valence-electron chi connectivity index (χ4n) is 0.990. The minimum Gasteiger partial charge on any atom is -0.507 e. The van der Waals surface area contributed by atoms with Crippen LogP contribution in [-0.2, 0) is 0 Å². The molecule has 3 heteroatoms. The highest BCUT2D eigenvalue weighted by molar-refractivity contribution is 5.84. The van der Waals surface area contributed by atoms with Crippen molar-refractivity contribution in [3.63, 3.8) is 0 Å². The largest absolute Gasteiger partial charge is 0.507 e. The van der Waals surface area contributed by atoms with Crippen LogP contribution in [0.2, 0.25) is 0 Å². The molecule has 0 aliphatic heterocycles. The van der Waals surface area contributed by atoms with Gasteiger partial charge in [0, 0.05) is 0 Å². The van der Waals surface area contributed by atoms with Crippen molar-refractivity contribution in [3.8, 4) is 11.5 Å². The van der Waals surface area contributed by atoms with Crippen molar-refractivity contribution in [1.82, 2.24) is 0 Å². The lowest BCUT2D eigenvalue weighted by Gasteiger charge is -2.06. The molecule has 1 aromatic rings. The lowest BCUT2D eigenvalue weighted by atomic mass is 10.1. The summed E-state index contributed by atoms with van der Waals surface area (Å²) in [5.41, 5.74) is 0.871. The second-order valence-corrected chi connectivity index (χ2v) is 2.46. The van der Waals surface area contributed by atoms with Crippen LogP contribution in [0.25, 0.3) is 0 Å². The van der Waals surface area contributed by atoms with Gasteiger partial charge in [-0.15, -0.1) is 0 Å². The zero-order valence-corrected chi connectivity index (χ0v) is 7.00. The third-order valence-corrected chi connectivity index (χ3v) is 1.72. The van der Waals surface area contributed by atoms with Gasteiger partial charge in [-0.05, 0) is 18.6 Å². The average Bonchev–Trinajstić information content (AvgIpc) is 2.09. The van der Waals surface area contributed by atoms with Crippen LogP contribution in [0.15, 0.2) is 12.1 Å². The molecule has 0 radical (unpaired) electrons. The molecule has 0 aliphatic carbocycles. The molecule has 0 spiro atoms. The van der Waals surface area contributed by atoms with E-state index in [1.807, 2.05) is 0 Å². The van der Waals surface area contributed by atoms with Gasteiger partial charge in [0.05, 0.1) is 12.7 Å². The molecule has 0 bridgehead atoms. The van der Waals surface area contributed by atoms with Crippen LogP contribution in [-0.4, -0.2) is 18.5 Å². The summed E-state index contributed by atoms with van der Waals surface area (Å²) in [6, 6.07) is 3.35. The molecular formula is C9H10O3. The number of hydrogen-bond donors (Lipinski definition) is 1. The number of rotatable bonds is 2. The quantitative estimate of drug-likeness (QED) is 0.677. The molecule has 12 heavy (non-hydrogen) atoms. The molecule has 0 aromatic heterocycles. The highest BCUT2D eigenvalue weighted by Gasteiger charge is 2.09. The van der Waals surface area contributed by atoms with Gasteiger partial charge in [-0.3, -0.25) is 4.79 Å². The minimum absolute atomic E-state index is 0.00986. The molecule has 0 amide bonds. The summed E-state index contributed by atoms with van der Waals surface area (Å²) >= 11 is 0. The van der Waals surface area contributed by atoms with E-state index in [-0.39, 0.29) is 11.3 Å². The smallest absolute Gasteiger partial charge is 0.157 e. The number of ether oxygens (including phenoxy) is 1. The van der Waals surface area contributed by atoms with E-state index in [2.05, 4.69) is 0 Å². The number of aromatic hydroxyl groups is 1. The molecule has 0 saturated carbocycles. The standard InChI is InChI=1S/C9H10O3/c1-6-3-4-8(12-2)7(5-10)9(6)11/h3-5,11H,1-2H3. The Morgan fingerprint density at radius 2 is 2.17 bits per heavy atom. The minimum atomic E-state index is -0.00986.